The van der Waals surface area contributed by atoms with Crippen LogP contribution in [0.4, 0.5) is 18.9 Å². The van der Waals surface area contributed by atoms with Gasteiger partial charge in [0.2, 0.25) is 0 Å². The number of nitrogens with two attached hydrogens (primary N) is 1. The molecule has 0 bridgehead atoms. The molecule has 0 aliphatic heterocycles. The van der Waals surface area contributed by atoms with Gasteiger partial charge in [-0.1, -0.05) is 18.6 Å². The van der Waals surface area contributed by atoms with E-state index in [4.69, 9.17) is 18.0 Å². The molecule has 1 aromatic carbocycles. The van der Waals surface area contributed by atoms with Gasteiger partial charge in [-0.2, -0.15) is 24.9 Å². The smallest absolute Gasteiger partial charge is 0.389 e. The zero-order valence-corrected chi connectivity index (χ0v) is 13.2. The number of halogens is 3. The Bertz CT molecular complexity index is 534. The van der Waals surface area contributed by atoms with E-state index >= 15 is 0 Å². The molecule has 0 radical (unpaired) electrons. The zero-order valence-electron chi connectivity index (χ0n) is 11.6. The van der Waals surface area contributed by atoms with Crippen LogP contribution in [0.3, 0.4) is 0 Å². The molecular formula is C14H17F3N2S2. The highest BCUT2D eigenvalue weighted by Gasteiger charge is 2.36. The van der Waals surface area contributed by atoms with Crippen molar-refractivity contribution >= 4 is 34.7 Å². The van der Waals surface area contributed by atoms with Gasteiger partial charge in [0.15, 0.2) is 0 Å². The minimum Gasteiger partial charge on any atom is -0.389 e. The number of anilines is 1. The highest BCUT2D eigenvalue weighted by Crippen LogP contribution is 2.43. The molecule has 0 amide bonds. The fraction of sp³-hybridized carbons (Fsp3) is 0.500. The van der Waals surface area contributed by atoms with Crippen molar-refractivity contribution < 1.29 is 13.2 Å². The van der Waals surface area contributed by atoms with Crippen LogP contribution in [-0.4, -0.2) is 22.5 Å². The Morgan fingerprint density at radius 3 is 2.52 bits per heavy atom. The highest BCUT2D eigenvalue weighted by atomic mass is 32.2. The van der Waals surface area contributed by atoms with E-state index in [0.29, 0.717) is 5.69 Å². The van der Waals surface area contributed by atoms with E-state index < -0.39 is 11.7 Å². The number of hydrogen-bond donors (Lipinski definition) is 2. The number of alkyl halides is 3. The maximum atomic E-state index is 12.9. The molecule has 116 valence electrons. The number of benzene rings is 1. The maximum Gasteiger partial charge on any atom is 0.417 e. The van der Waals surface area contributed by atoms with Crippen molar-refractivity contribution in [2.45, 2.75) is 30.2 Å². The van der Waals surface area contributed by atoms with Crippen molar-refractivity contribution in [1.82, 2.24) is 0 Å². The molecule has 21 heavy (non-hydrogen) atoms. The third-order valence-electron chi connectivity index (χ3n) is 3.90. The fourth-order valence-corrected chi connectivity index (χ4v) is 3.47. The van der Waals surface area contributed by atoms with Gasteiger partial charge in [-0.25, -0.2) is 0 Å². The van der Waals surface area contributed by atoms with Gasteiger partial charge in [0.25, 0.3) is 0 Å². The molecule has 2 nitrogen and oxygen atoms in total. The van der Waals surface area contributed by atoms with Crippen LogP contribution >= 0.6 is 24.0 Å². The molecule has 0 atom stereocenters. The lowest BCUT2D eigenvalue weighted by atomic mass is 9.84. The third-order valence-corrected chi connectivity index (χ3v) is 5.54. The van der Waals surface area contributed by atoms with Crippen molar-refractivity contribution in [3.05, 3.63) is 29.3 Å². The van der Waals surface area contributed by atoms with Crippen LogP contribution in [0.15, 0.2) is 18.2 Å². The van der Waals surface area contributed by atoms with Crippen molar-refractivity contribution in [3.8, 4) is 0 Å². The van der Waals surface area contributed by atoms with Crippen LogP contribution in [0.25, 0.3) is 0 Å². The predicted octanol–water partition coefficient (Wildman–Crippen LogP) is 4.04. The molecule has 7 heteroatoms. The minimum absolute atomic E-state index is 0.130. The van der Waals surface area contributed by atoms with E-state index in [2.05, 4.69) is 11.6 Å². The van der Waals surface area contributed by atoms with Crippen LogP contribution in [0.5, 0.6) is 0 Å². The first-order chi connectivity index (χ1) is 9.77. The monoisotopic (exact) mass is 334 g/mol. The summed E-state index contributed by atoms with van der Waals surface area (Å²) >= 11 is 6.54. The Kier molecular flexibility index (Phi) is 4.72. The Morgan fingerprint density at radius 2 is 2.10 bits per heavy atom. The van der Waals surface area contributed by atoms with Crippen molar-refractivity contribution in [2.75, 3.05) is 18.1 Å². The number of hydrogen-bond acceptors (Lipinski definition) is 3. The molecule has 1 fully saturated rings. The normalized spacial score (nSPS) is 17.1. The van der Waals surface area contributed by atoms with Crippen LogP contribution in [0.1, 0.15) is 30.4 Å². The molecule has 2 rings (SSSR count). The summed E-state index contributed by atoms with van der Waals surface area (Å²) in [5.74, 6) is 0. The molecular weight excluding hydrogens is 317 g/mol. The van der Waals surface area contributed by atoms with Crippen LogP contribution < -0.4 is 11.1 Å². The quantitative estimate of drug-likeness (QED) is 0.797. The van der Waals surface area contributed by atoms with Gasteiger partial charge in [-0.05, 0) is 37.3 Å². The largest absolute Gasteiger partial charge is 0.417 e. The average Bonchev–Trinajstić information content (AvgIpc) is 2.36. The standard InChI is InChI=1S/C14H17F3N2S2/c1-21-13(5-2-6-13)8-19-9-3-4-11(14(15,16)17)10(7-9)12(18)20/h3-4,7,19H,2,5-6,8H2,1H3,(H2,18,20). The predicted molar refractivity (Wildman–Crippen MR) is 85.9 cm³/mol. The Morgan fingerprint density at radius 1 is 1.43 bits per heavy atom. The number of nitrogens with one attached hydrogen (secondary N) is 1. The lowest BCUT2D eigenvalue weighted by Crippen LogP contribution is -2.40. The first-order valence-corrected chi connectivity index (χ1v) is 8.21. The summed E-state index contributed by atoms with van der Waals surface area (Å²) in [5, 5.41) is 3.21. The highest BCUT2D eigenvalue weighted by molar-refractivity contribution is 8.00. The maximum absolute atomic E-state index is 12.9. The summed E-state index contributed by atoms with van der Waals surface area (Å²) in [6.07, 6.45) is 1.07. The molecule has 3 N–H and O–H groups in total. The van der Waals surface area contributed by atoms with Gasteiger partial charge < -0.3 is 11.1 Å². The number of thiocarbonyl (C=S) groups is 1. The summed E-state index contributed by atoms with van der Waals surface area (Å²) in [4.78, 5) is -0.241. The Labute approximate surface area is 131 Å². The molecule has 1 saturated carbocycles. The molecule has 0 spiro atoms. The van der Waals surface area contributed by atoms with Crippen LogP contribution in [0.2, 0.25) is 0 Å². The van der Waals surface area contributed by atoms with Gasteiger partial charge in [0.05, 0.1) is 5.56 Å². The molecule has 0 heterocycles. The van der Waals surface area contributed by atoms with E-state index in [1.54, 1.807) is 11.8 Å². The molecule has 0 unspecified atom stereocenters. The molecule has 1 aromatic rings. The van der Waals surface area contributed by atoms with Crippen LogP contribution in [0, 0.1) is 0 Å². The van der Waals surface area contributed by atoms with Crippen molar-refractivity contribution in [3.63, 3.8) is 0 Å². The summed E-state index contributed by atoms with van der Waals surface area (Å²) in [5.41, 5.74) is 5.12. The van der Waals surface area contributed by atoms with Crippen LogP contribution in [-0.2, 0) is 6.18 Å². The second kappa shape index (κ2) is 6.04. The summed E-state index contributed by atoms with van der Waals surface area (Å²) < 4.78 is 38.9. The number of thioether (sulfide) groups is 1. The van der Waals surface area contributed by atoms with Crippen molar-refractivity contribution in [2.24, 2.45) is 5.73 Å². The van der Waals surface area contributed by atoms with E-state index in [1.165, 1.54) is 18.6 Å². The van der Waals surface area contributed by atoms with Gasteiger partial charge in [0.1, 0.15) is 4.99 Å². The van der Waals surface area contributed by atoms with E-state index in [9.17, 15) is 13.2 Å². The lowest BCUT2D eigenvalue weighted by molar-refractivity contribution is -0.137. The van der Waals surface area contributed by atoms with Gasteiger partial charge >= 0.3 is 6.18 Å². The Hall–Kier alpha value is -0.950. The summed E-state index contributed by atoms with van der Waals surface area (Å²) in [6, 6.07) is 3.85. The summed E-state index contributed by atoms with van der Waals surface area (Å²) in [7, 11) is 0. The first kappa shape index (κ1) is 16.4. The lowest BCUT2D eigenvalue weighted by Gasteiger charge is -2.40. The zero-order chi connectivity index (χ0) is 15.7. The van der Waals surface area contributed by atoms with Crippen molar-refractivity contribution in [1.29, 1.82) is 0 Å². The Balaban J connectivity index is 2.18. The van der Waals surface area contributed by atoms with Gasteiger partial charge in [-0.15, -0.1) is 0 Å². The molecule has 0 aromatic heterocycles. The van der Waals surface area contributed by atoms with E-state index in [-0.39, 0.29) is 15.3 Å². The van der Waals surface area contributed by atoms with Gasteiger partial charge in [-0.3, -0.25) is 0 Å². The average molecular weight is 334 g/mol. The first-order valence-electron chi connectivity index (χ1n) is 6.57. The second-order valence-electron chi connectivity index (χ2n) is 5.22. The molecule has 1 aliphatic carbocycles. The summed E-state index contributed by atoms with van der Waals surface area (Å²) in [6.45, 7) is 0.732. The number of rotatable bonds is 5. The van der Waals surface area contributed by atoms with E-state index in [0.717, 1.165) is 25.5 Å². The minimum atomic E-state index is -4.45. The SMILES string of the molecule is CSC1(CNc2ccc(C(F)(F)F)c(C(N)=S)c2)CCC1. The molecule has 0 saturated heterocycles. The van der Waals surface area contributed by atoms with E-state index in [1.807, 2.05) is 0 Å². The second-order valence-corrected chi connectivity index (χ2v) is 6.93. The topological polar surface area (TPSA) is 38.0 Å². The third kappa shape index (κ3) is 3.63. The fourth-order valence-electron chi connectivity index (χ4n) is 2.39. The molecule has 1 aliphatic rings. The van der Waals surface area contributed by atoms with Gasteiger partial charge in [0, 0.05) is 22.5 Å².